The summed E-state index contributed by atoms with van der Waals surface area (Å²) in [7, 11) is 0. The van der Waals surface area contributed by atoms with Crippen LogP contribution in [0.25, 0.3) is 11.3 Å². The van der Waals surface area contributed by atoms with E-state index < -0.39 is 0 Å². The Kier molecular flexibility index (Phi) is 4.84. The van der Waals surface area contributed by atoms with Gasteiger partial charge in [0.2, 0.25) is 0 Å². The highest BCUT2D eigenvalue weighted by Crippen LogP contribution is 2.22. The molecule has 0 radical (unpaired) electrons. The monoisotopic (exact) mass is 344 g/mol. The van der Waals surface area contributed by atoms with E-state index >= 15 is 0 Å². The molecule has 1 aliphatic rings. The minimum atomic E-state index is 0.789. The van der Waals surface area contributed by atoms with Crippen LogP contribution in [0.4, 0.5) is 5.69 Å². The van der Waals surface area contributed by atoms with Crippen LogP contribution in [0.3, 0.4) is 0 Å². The van der Waals surface area contributed by atoms with E-state index in [4.69, 9.17) is 0 Å². The summed E-state index contributed by atoms with van der Waals surface area (Å²) >= 11 is 0. The molecule has 4 rings (SSSR count). The van der Waals surface area contributed by atoms with Crippen molar-refractivity contribution in [3.8, 4) is 11.3 Å². The maximum Gasteiger partial charge on any atom is 0.0695 e. The lowest BCUT2D eigenvalue weighted by Crippen LogP contribution is -2.18. The number of anilines is 1. The van der Waals surface area contributed by atoms with Gasteiger partial charge < -0.3 is 10.2 Å². The number of aromatic nitrogens is 2. The Hall–Kier alpha value is -2.85. The molecule has 4 heteroatoms. The molecule has 0 saturated carbocycles. The molecular weight excluding hydrogens is 320 g/mol. The number of hydrogen-bond acceptors (Lipinski definition) is 3. The highest BCUT2D eigenvalue weighted by Gasteiger charge is 2.08. The number of benzene rings is 2. The average molecular weight is 344 g/mol. The first-order valence-corrected chi connectivity index (χ1v) is 9.08. The van der Waals surface area contributed by atoms with Crippen LogP contribution in [0.15, 0.2) is 66.9 Å². The van der Waals surface area contributed by atoms with E-state index in [0.717, 1.165) is 31.9 Å². The van der Waals surface area contributed by atoms with Gasteiger partial charge in [-0.3, -0.25) is 5.10 Å². The molecule has 1 aliphatic heterocycles. The second-order valence-corrected chi connectivity index (χ2v) is 6.78. The van der Waals surface area contributed by atoms with Crippen LogP contribution in [0.5, 0.6) is 0 Å². The molecule has 0 spiro atoms. The van der Waals surface area contributed by atoms with Gasteiger partial charge in [-0.05, 0) is 30.2 Å². The molecule has 2 aromatic carbocycles. The van der Waals surface area contributed by atoms with Crippen molar-refractivity contribution in [1.29, 1.82) is 0 Å². The fourth-order valence-corrected chi connectivity index (χ4v) is 3.27. The number of nitrogens with zero attached hydrogens (tertiary/aromatic N) is 2. The van der Waals surface area contributed by atoms with Crippen molar-refractivity contribution in [3.05, 3.63) is 83.6 Å². The first kappa shape index (κ1) is 16.6. The van der Waals surface area contributed by atoms with Crippen molar-refractivity contribution in [3.63, 3.8) is 0 Å². The quantitative estimate of drug-likeness (QED) is 0.663. The molecule has 132 valence electrons. The third-order valence-electron chi connectivity index (χ3n) is 4.82. The summed E-state index contributed by atoms with van der Waals surface area (Å²) in [6.07, 6.45) is 6.34. The topological polar surface area (TPSA) is 44.0 Å². The van der Waals surface area contributed by atoms with Crippen LogP contribution >= 0.6 is 0 Å². The molecule has 1 aromatic heterocycles. The van der Waals surface area contributed by atoms with Crippen LogP contribution in [0.2, 0.25) is 0 Å². The van der Waals surface area contributed by atoms with Crippen LogP contribution in [-0.4, -0.2) is 23.3 Å². The molecule has 2 N–H and O–H groups in total. The lowest BCUT2D eigenvalue weighted by Gasteiger charge is -2.17. The maximum atomic E-state index is 4.23. The largest absolute Gasteiger partial charge is 0.364 e. The second kappa shape index (κ2) is 7.58. The van der Waals surface area contributed by atoms with Crippen LogP contribution in [0.1, 0.15) is 16.7 Å². The summed E-state index contributed by atoms with van der Waals surface area (Å²) < 4.78 is 0. The van der Waals surface area contributed by atoms with Crippen molar-refractivity contribution >= 4 is 5.69 Å². The SMILES string of the molecule is Cc1ccc(-c2[nH]ncc2CNCc2ccc(N3CC=CC3)cc2)cc1. The van der Waals surface area contributed by atoms with Crippen molar-refractivity contribution in [2.45, 2.75) is 20.0 Å². The summed E-state index contributed by atoms with van der Waals surface area (Å²) in [5.41, 5.74) is 7.30. The Balaban J connectivity index is 1.35. The Labute approximate surface area is 154 Å². The zero-order valence-corrected chi connectivity index (χ0v) is 15.1. The molecule has 0 saturated heterocycles. The van der Waals surface area contributed by atoms with E-state index in [2.05, 4.69) is 88.0 Å². The summed E-state index contributed by atoms with van der Waals surface area (Å²) in [5.74, 6) is 0. The third kappa shape index (κ3) is 3.70. The molecule has 26 heavy (non-hydrogen) atoms. The van der Waals surface area contributed by atoms with Crippen LogP contribution in [-0.2, 0) is 13.1 Å². The van der Waals surface area contributed by atoms with Gasteiger partial charge in [0.1, 0.15) is 0 Å². The van der Waals surface area contributed by atoms with Gasteiger partial charge in [0.25, 0.3) is 0 Å². The molecule has 0 bridgehead atoms. The lowest BCUT2D eigenvalue weighted by molar-refractivity contribution is 0.694. The standard InChI is InChI=1S/C22H24N4/c1-17-4-8-19(9-5-17)22-20(16-24-25-22)15-23-14-18-6-10-21(11-7-18)26-12-2-3-13-26/h2-11,16,23H,12-15H2,1H3,(H,24,25). The fraction of sp³-hybridized carbons (Fsp3) is 0.227. The van der Waals surface area contributed by atoms with E-state index in [1.54, 1.807) is 0 Å². The molecule has 0 atom stereocenters. The van der Waals surface area contributed by atoms with Crippen molar-refractivity contribution < 1.29 is 0 Å². The molecule has 0 unspecified atom stereocenters. The van der Waals surface area contributed by atoms with E-state index in [-0.39, 0.29) is 0 Å². The fourth-order valence-electron chi connectivity index (χ4n) is 3.27. The van der Waals surface area contributed by atoms with Crippen molar-refractivity contribution in [1.82, 2.24) is 15.5 Å². The van der Waals surface area contributed by atoms with Crippen molar-refractivity contribution in [2.75, 3.05) is 18.0 Å². The molecule has 4 nitrogen and oxygen atoms in total. The van der Waals surface area contributed by atoms with Gasteiger partial charge in [0, 0.05) is 37.4 Å². The summed E-state index contributed by atoms with van der Waals surface area (Å²) in [6.45, 7) is 5.76. The number of hydrogen-bond donors (Lipinski definition) is 2. The normalized spacial score (nSPS) is 13.5. The number of aryl methyl sites for hydroxylation is 1. The van der Waals surface area contributed by atoms with Gasteiger partial charge in [0.05, 0.1) is 11.9 Å². The molecule has 0 fully saturated rings. The van der Waals surface area contributed by atoms with Gasteiger partial charge in [0.15, 0.2) is 0 Å². The molecule has 3 aromatic rings. The average Bonchev–Trinajstić information content (AvgIpc) is 3.35. The first-order chi connectivity index (χ1) is 12.8. The Morgan fingerprint density at radius 1 is 0.962 bits per heavy atom. The van der Waals surface area contributed by atoms with Crippen LogP contribution < -0.4 is 10.2 Å². The highest BCUT2D eigenvalue weighted by molar-refractivity contribution is 5.62. The number of rotatable bonds is 6. The van der Waals surface area contributed by atoms with E-state index in [1.807, 2.05) is 6.20 Å². The Morgan fingerprint density at radius 2 is 1.69 bits per heavy atom. The maximum absolute atomic E-state index is 4.23. The Bertz CT molecular complexity index is 867. The van der Waals surface area contributed by atoms with E-state index in [0.29, 0.717) is 0 Å². The summed E-state index contributed by atoms with van der Waals surface area (Å²) in [6, 6.07) is 17.4. The van der Waals surface area contributed by atoms with E-state index in [9.17, 15) is 0 Å². The molecule has 0 amide bonds. The minimum Gasteiger partial charge on any atom is -0.364 e. The summed E-state index contributed by atoms with van der Waals surface area (Å²) in [4.78, 5) is 2.36. The zero-order chi connectivity index (χ0) is 17.8. The highest BCUT2D eigenvalue weighted by atomic mass is 15.1. The van der Waals surface area contributed by atoms with Gasteiger partial charge >= 0.3 is 0 Å². The summed E-state index contributed by atoms with van der Waals surface area (Å²) in [5, 5.41) is 10.9. The van der Waals surface area contributed by atoms with Crippen LogP contribution in [0, 0.1) is 6.92 Å². The number of H-pyrrole nitrogens is 1. The smallest absolute Gasteiger partial charge is 0.0695 e. The Morgan fingerprint density at radius 3 is 2.42 bits per heavy atom. The minimum absolute atomic E-state index is 0.789. The second-order valence-electron chi connectivity index (χ2n) is 6.78. The lowest BCUT2D eigenvalue weighted by atomic mass is 10.1. The molecule has 0 aliphatic carbocycles. The molecule has 2 heterocycles. The van der Waals surface area contributed by atoms with Crippen molar-refractivity contribution in [2.24, 2.45) is 0 Å². The van der Waals surface area contributed by atoms with E-state index in [1.165, 1.54) is 27.9 Å². The van der Waals surface area contributed by atoms with Gasteiger partial charge in [-0.2, -0.15) is 5.10 Å². The van der Waals surface area contributed by atoms with Gasteiger partial charge in [-0.15, -0.1) is 0 Å². The predicted octanol–water partition coefficient (Wildman–Crippen LogP) is 4.05. The third-order valence-corrected chi connectivity index (χ3v) is 4.82. The predicted molar refractivity (Wildman–Crippen MR) is 107 cm³/mol. The van der Waals surface area contributed by atoms with Gasteiger partial charge in [-0.25, -0.2) is 0 Å². The molecular formula is C22H24N4. The first-order valence-electron chi connectivity index (χ1n) is 9.08. The zero-order valence-electron chi connectivity index (χ0n) is 15.1. The number of nitrogens with one attached hydrogen (secondary N) is 2. The number of aromatic amines is 1. The van der Waals surface area contributed by atoms with Gasteiger partial charge in [-0.1, -0.05) is 54.1 Å².